The van der Waals surface area contributed by atoms with Gasteiger partial charge in [0, 0.05) is 5.88 Å². The number of halogens is 1. The van der Waals surface area contributed by atoms with Gasteiger partial charge in [-0.25, -0.2) is 0 Å². The zero-order chi connectivity index (χ0) is 13.1. The van der Waals surface area contributed by atoms with Gasteiger partial charge in [-0.3, -0.25) is 0 Å². The van der Waals surface area contributed by atoms with Gasteiger partial charge in [0.2, 0.25) is 0 Å². The Hall–Kier alpha value is -0.490. The molecule has 96 valence electrons. The molecule has 0 N–H and O–H groups in total. The van der Waals surface area contributed by atoms with Crippen LogP contribution in [0.25, 0.3) is 0 Å². The summed E-state index contributed by atoms with van der Waals surface area (Å²) in [5, 5.41) is 0. The van der Waals surface area contributed by atoms with Gasteiger partial charge in [0.25, 0.3) is 0 Å². The van der Waals surface area contributed by atoms with Gasteiger partial charge in [0.15, 0.2) is 0 Å². The molecule has 1 atom stereocenters. The molecule has 0 saturated heterocycles. The highest BCUT2D eigenvalue weighted by molar-refractivity contribution is 6.17. The van der Waals surface area contributed by atoms with Crippen LogP contribution in [0, 0.1) is 11.3 Å². The summed E-state index contributed by atoms with van der Waals surface area (Å²) in [6.07, 6.45) is 1.24. The number of benzene rings is 1. The van der Waals surface area contributed by atoms with Gasteiger partial charge in [-0.15, -0.1) is 11.6 Å². The fourth-order valence-electron chi connectivity index (χ4n) is 2.30. The molecule has 0 aliphatic heterocycles. The molecule has 1 unspecified atom stereocenters. The molecule has 0 aliphatic rings. The van der Waals surface area contributed by atoms with E-state index in [1.807, 2.05) is 0 Å². The van der Waals surface area contributed by atoms with Gasteiger partial charge >= 0.3 is 0 Å². The molecular formula is C16H25Cl. The van der Waals surface area contributed by atoms with Crippen molar-refractivity contribution in [3.05, 3.63) is 35.4 Å². The Morgan fingerprint density at radius 3 is 1.94 bits per heavy atom. The predicted molar refractivity (Wildman–Crippen MR) is 77.7 cm³/mol. The first-order chi connectivity index (χ1) is 7.84. The van der Waals surface area contributed by atoms with Crippen molar-refractivity contribution in [3.63, 3.8) is 0 Å². The van der Waals surface area contributed by atoms with Crippen LogP contribution < -0.4 is 0 Å². The lowest BCUT2D eigenvalue weighted by molar-refractivity contribution is 0.280. The van der Waals surface area contributed by atoms with Crippen molar-refractivity contribution in [3.8, 4) is 0 Å². The van der Waals surface area contributed by atoms with Crippen LogP contribution in [0.15, 0.2) is 24.3 Å². The van der Waals surface area contributed by atoms with Gasteiger partial charge < -0.3 is 0 Å². The Morgan fingerprint density at radius 2 is 1.59 bits per heavy atom. The van der Waals surface area contributed by atoms with Crippen LogP contribution in [0.2, 0.25) is 0 Å². The summed E-state index contributed by atoms with van der Waals surface area (Å²) in [5.41, 5.74) is 2.96. The molecule has 0 radical (unpaired) electrons. The fourth-order valence-corrected chi connectivity index (χ4v) is 2.48. The van der Waals surface area contributed by atoms with Crippen molar-refractivity contribution >= 4 is 11.6 Å². The minimum absolute atomic E-state index is 0.312. The first-order valence-corrected chi connectivity index (χ1v) is 7.03. The topological polar surface area (TPSA) is 0 Å². The minimum Gasteiger partial charge on any atom is -0.122 e. The van der Waals surface area contributed by atoms with E-state index in [2.05, 4.69) is 58.9 Å². The molecule has 1 aromatic rings. The third-order valence-corrected chi connectivity index (χ3v) is 3.60. The maximum atomic E-state index is 5.83. The highest BCUT2D eigenvalue weighted by Crippen LogP contribution is 2.39. The molecule has 0 bridgehead atoms. The molecule has 0 saturated carbocycles. The average Bonchev–Trinajstić information content (AvgIpc) is 2.24. The molecule has 0 fully saturated rings. The van der Waals surface area contributed by atoms with Gasteiger partial charge in [-0.1, -0.05) is 58.9 Å². The number of hydrogen-bond acceptors (Lipinski definition) is 0. The maximum Gasteiger partial charge on any atom is 0.0474 e. The van der Waals surface area contributed by atoms with Crippen LogP contribution in [0.5, 0.6) is 0 Å². The summed E-state index contributed by atoms with van der Waals surface area (Å²) in [4.78, 5) is 0. The van der Waals surface area contributed by atoms with E-state index in [-0.39, 0.29) is 0 Å². The van der Waals surface area contributed by atoms with Crippen molar-refractivity contribution in [1.82, 2.24) is 0 Å². The van der Waals surface area contributed by atoms with Crippen molar-refractivity contribution in [2.45, 2.75) is 52.8 Å². The summed E-state index contributed by atoms with van der Waals surface area (Å²) in [5.74, 6) is 1.95. The Bertz CT molecular complexity index is 330. The molecule has 0 nitrogen and oxygen atoms in total. The van der Waals surface area contributed by atoms with E-state index in [1.54, 1.807) is 0 Å². The zero-order valence-corrected chi connectivity index (χ0v) is 12.5. The maximum absolute atomic E-state index is 5.83. The third-order valence-electron chi connectivity index (χ3n) is 3.29. The zero-order valence-electron chi connectivity index (χ0n) is 11.8. The number of hydrogen-bond donors (Lipinski definition) is 0. The van der Waals surface area contributed by atoms with Crippen LogP contribution in [0.1, 0.15) is 58.1 Å². The van der Waals surface area contributed by atoms with Crippen molar-refractivity contribution in [2.24, 2.45) is 11.3 Å². The highest BCUT2D eigenvalue weighted by atomic mass is 35.5. The number of rotatable bonds is 4. The molecule has 0 heterocycles. The SMILES string of the molecule is CC(C)CC(c1ccc(CCl)cc1)C(C)(C)C. The predicted octanol–water partition coefficient (Wildman–Crippen LogP) is 5.60. The second-order valence-electron chi connectivity index (χ2n) is 6.42. The molecule has 0 aromatic heterocycles. The van der Waals surface area contributed by atoms with E-state index in [1.165, 1.54) is 17.5 Å². The molecule has 0 aliphatic carbocycles. The van der Waals surface area contributed by atoms with Crippen molar-refractivity contribution < 1.29 is 0 Å². The lowest BCUT2D eigenvalue weighted by Gasteiger charge is -2.32. The second-order valence-corrected chi connectivity index (χ2v) is 6.69. The van der Waals surface area contributed by atoms with Crippen LogP contribution in [-0.2, 0) is 5.88 Å². The van der Waals surface area contributed by atoms with Crippen LogP contribution in [0.4, 0.5) is 0 Å². The van der Waals surface area contributed by atoms with E-state index in [4.69, 9.17) is 11.6 Å². The van der Waals surface area contributed by atoms with Gasteiger partial charge in [0.05, 0.1) is 0 Å². The Balaban J connectivity index is 2.96. The van der Waals surface area contributed by atoms with E-state index < -0.39 is 0 Å². The lowest BCUT2D eigenvalue weighted by Crippen LogP contribution is -2.20. The smallest absolute Gasteiger partial charge is 0.0474 e. The summed E-state index contributed by atoms with van der Waals surface area (Å²) in [7, 11) is 0. The van der Waals surface area contributed by atoms with Gasteiger partial charge in [0.1, 0.15) is 0 Å². The average molecular weight is 253 g/mol. The van der Waals surface area contributed by atoms with E-state index in [0.29, 0.717) is 17.2 Å². The van der Waals surface area contributed by atoms with E-state index >= 15 is 0 Å². The quantitative estimate of drug-likeness (QED) is 0.612. The Morgan fingerprint density at radius 1 is 1.06 bits per heavy atom. The standard InChI is InChI=1S/C16H25Cl/c1-12(2)10-15(16(3,4)5)14-8-6-13(11-17)7-9-14/h6-9,12,15H,10-11H2,1-5H3. The molecular weight excluding hydrogens is 228 g/mol. The lowest BCUT2D eigenvalue weighted by atomic mass is 9.72. The van der Waals surface area contributed by atoms with Gasteiger partial charge in [-0.2, -0.15) is 0 Å². The monoisotopic (exact) mass is 252 g/mol. The molecule has 0 spiro atoms. The van der Waals surface area contributed by atoms with E-state index in [0.717, 1.165) is 5.92 Å². The second kappa shape index (κ2) is 5.91. The van der Waals surface area contributed by atoms with Crippen LogP contribution in [0.3, 0.4) is 0 Å². The molecule has 1 aromatic carbocycles. The van der Waals surface area contributed by atoms with Crippen LogP contribution in [-0.4, -0.2) is 0 Å². The third kappa shape index (κ3) is 4.35. The summed E-state index contributed by atoms with van der Waals surface area (Å²) < 4.78 is 0. The highest BCUT2D eigenvalue weighted by Gasteiger charge is 2.26. The molecule has 1 heteroatoms. The summed E-state index contributed by atoms with van der Waals surface area (Å²) in [6.45, 7) is 11.6. The summed E-state index contributed by atoms with van der Waals surface area (Å²) >= 11 is 5.83. The van der Waals surface area contributed by atoms with Gasteiger partial charge in [-0.05, 0) is 34.8 Å². The number of alkyl halides is 1. The summed E-state index contributed by atoms with van der Waals surface area (Å²) in [6, 6.07) is 8.80. The molecule has 17 heavy (non-hydrogen) atoms. The molecule has 0 amide bonds. The van der Waals surface area contributed by atoms with E-state index in [9.17, 15) is 0 Å². The van der Waals surface area contributed by atoms with Crippen molar-refractivity contribution in [1.29, 1.82) is 0 Å². The van der Waals surface area contributed by atoms with Crippen LogP contribution >= 0.6 is 11.6 Å². The fraction of sp³-hybridized carbons (Fsp3) is 0.625. The first-order valence-electron chi connectivity index (χ1n) is 6.49. The molecule has 1 rings (SSSR count). The van der Waals surface area contributed by atoms with Crippen molar-refractivity contribution in [2.75, 3.05) is 0 Å². The minimum atomic E-state index is 0.312. The Kier molecular flexibility index (Phi) is 5.06. The normalized spacial score (nSPS) is 14.1. The Labute approximate surface area is 111 Å². The first kappa shape index (κ1) is 14.6. The largest absolute Gasteiger partial charge is 0.122 e.